The van der Waals surface area contributed by atoms with Crippen LogP contribution in [0, 0.1) is 0 Å². The van der Waals surface area contributed by atoms with Crippen LogP contribution < -0.4 is 0 Å². The van der Waals surface area contributed by atoms with E-state index < -0.39 is 10.8 Å². The van der Waals surface area contributed by atoms with Crippen LogP contribution in [-0.4, -0.2) is 9.96 Å². The van der Waals surface area contributed by atoms with Crippen molar-refractivity contribution in [3.05, 3.63) is 28.2 Å². The SMILES string of the molecule is CCS(=O)c1ccc(Cl)c(Cl)c1. The molecule has 0 bridgehead atoms. The molecule has 0 aliphatic carbocycles. The first-order chi connectivity index (χ1) is 5.65. The second-order valence-electron chi connectivity index (χ2n) is 2.21. The van der Waals surface area contributed by atoms with Crippen molar-refractivity contribution in [2.45, 2.75) is 11.8 Å². The standard InChI is InChI=1S/C8H8Cl2OS/c1-2-12(11)6-3-4-7(9)8(10)5-6/h3-5H,2H2,1H3. The van der Waals surface area contributed by atoms with Crippen LogP contribution in [-0.2, 0) is 10.8 Å². The topological polar surface area (TPSA) is 17.1 Å². The van der Waals surface area contributed by atoms with Crippen molar-refractivity contribution in [2.75, 3.05) is 5.75 Å². The average Bonchev–Trinajstić information content (AvgIpc) is 2.08. The summed E-state index contributed by atoms with van der Waals surface area (Å²) in [4.78, 5) is 0.729. The lowest BCUT2D eigenvalue weighted by molar-refractivity contribution is 0.684. The Kier molecular flexibility index (Phi) is 3.56. The second-order valence-corrected chi connectivity index (χ2v) is 4.76. The zero-order chi connectivity index (χ0) is 9.14. The van der Waals surface area contributed by atoms with Crippen molar-refractivity contribution < 1.29 is 4.21 Å². The molecular formula is C8H8Cl2OS. The van der Waals surface area contributed by atoms with Gasteiger partial charge in [0.1, 0.15) is 0 Å². The van der Waals surface area contributed by atoms with Crippen molar-refractivity contribution in [2.24, 2.45) is 0 Å². The Morgan fingerprint density at radius 2 is 2.00 bits per heavy atom. The second kappa shape index (κ2) is 4.26. The molecule has 1 atom stereocenters. The highest BCUT2D eigenvalue weighted by Gasteiger charge is 2.03. The molecule has 0 aliphatic rings. The van der Waals surface area contributed by atoms with Crippen molar-refractivity contribution in [1.29, 1.82) is 0 Å². The van der Waals surface area contributed by atoms with Gasteiger partial charge in [-0.2, -0.15) is 0 Å². The van der Waals surface area contributed by atoms with E-state index in [1.54, 1.807) is 18.2 Å². The molecule has 0 heterocycles. The minimum absolute atomic E-state index is 0.455. The Hall–Kier alpha value is -0.0500. The molecule has 0 fully saturated rings. The maximum atomic E-state index is 11.3. The summed E-state index contributed by atoms with van der Waals surface area (Å²) in [5, 5.41) is 0.949. The Balaban J connectivity index is 3.05. The molecule has 0 amide bonds. The summed E-state index contributed by atoms with van der Waals surface area (Å²) in [5.74, 6) is 0.595. The number of rotatable bonds is 2. The Bertz CT molecular complexity index is 312. The van der Waals surface area contributed by atoms with Crippen molar-refractivity contribution >= 4 is 34.0 Å². The van der Waals surface area contributed by atoms with E-state index in [4.69, 9.17) is 23.2 Å². The Morgan fingerprint density at radius 1 is 1.33 bits per heavy atom. The highest BCUT2D eigenvalue weighted by Crippen LogP contribution is 2.23. The predicted molar refractivity (Wildman–Crippen MR) is 53.4 cm³/mol. The minimum atomic E-state index is -0.952. The third-order valence-corrected chi connectivity index (χ3v) is 3.46. The molecule has 1 nitrogen and oxygen atoms in total. The quantitative estimate of drug-likeness (QED) is 0.752. The smallest absolute Gasteiger partial charge is 0.0604 e. The highest BCUT2D eigenvalue weighted by atomic mass is 35.5. The van der Waals surface area contributed by atoms with E-state index in [0.29, 0.717) is 15.8 Å². The van der Waals surface area contributed by atoms with E-state index >= 15 is 0 Å². The lowest BCUT2D eigenvalue weighted by Crippen LogP contribution is -1.93. The van der Waals surface area contributed by atoms with Gasteiger partial charge >= 0.3 is 0 Å². The molecule has 12 heavy (non-hydrogen) atoms. The molecule has 4 heteroatoms. The van der Waals surface area contributed by atoms with Crippen molar-refractivity contribution in [3.63, 3.8) is 0 Å². The van der Waals surface area contributed by atoms with Gasteiger partial charge in [-0.3, -0.25) is 4.21 Å². The fraction of sp³-hybridized carbons (Fsp3) is 0.250. The zero-order valence-electron chi connectivity index (χ0n) is 6.51. The van der Waals surface area contributed by atoms with Crippen LogP contribution >= 0.6 is 23.2 Å². The third kappa shape index (κ3) is 2.22. The van der Waals surface area contributed by atoms with Crippen LogP contribution in [0.1, 0.15) is 6.92 Å². The molecule has 0 aromatic heterocycles. The van der Waals surface area contributed by atoms with Crippen molar-refractivity contribution in [3.8, 4) is 0 Å². The average molecular weight is 223 g/mol. The molecule has 1 rings (SSSR count). The van der Waals surface area contributed by atoms with E-state index in [1.807, 2.05) is 6.92 Å². The van der Waals surface area contributed by atoms with Gasteiger partial charge in [0.15, 0.2) is 0 Å². The monoisotopic (exact) mass is 222 g/mol. The number of benzene rings is 1. The lowest BCUT2D eigenvalue weighted by atomic mass is 10.4. The molecule has 1 unspecified atom stereocenters. The normalized spacial score (nSPS) is 12.9. The summed E-state index contributed by atoms with van der Waals surface area (Å²) in [7, 11) is -0.952. The largest absolute Gasteiger partial charge is 0.254 e. The van der Waals surface area contributed by atoms with Gasteiger partial charge in [-0.15, -0.1) is 0 Å². The molecule has 66 valence electrons. The highest BCUT2D eigenvalue weighted by molar-refractivity contribution is 7.85. The van der Waals surface area contributed by atoms with E-state index in [9.17, 15) is 4.21 Å². The van der Waals surface area contributed by atoms with Gasteiger partial charge in [-0.1, -0.05) is 30.1 Å². The van der Waals surface area contributed by atoms with Gasteiger partial charge < -0.3 is 0 Å². The fourth-order valence-electron chi connectivity index (χ4n) is 0.785. The van der Waals surface area contributed by atoms with Crippen LogP contribution in [0.2, 0.25) is 10.0 Å². The summed E-state index contributed by atoms with van der Waals surface area (Å²) in [5.41, 5.74) is 0. The summed E-state index contributed by atoms with van der Waals surface area (Å²) < 4.78 is 11.3. The van der Waals surface area contributed by atoms with E-state index in [-0.39, 0.29) is 0 Å². The van der Waals surface area contributed by atoms with Crippen LogP contribution in [0.4, 0.5) is 0 Å². The predicted octanol–water partition coefficient (Wildman–Crippen LogP) is 3.12. The molecule has 0 saturated carbocycles. The molecular weight excluding hydrogens is 215 g/mol. The fourth-order valence-corrected chi connectivity index (χ4v) is 1.95. The number of hydrogen-bond donors (Lipinski definition) is 0. The molecule has 1 aromatic rings. The van der Waals surface area contributed by atoms with E-state index in [0.717, 1.165) is 4.90 Å². The van der Waals surface area contributed by atoms with Crippen LogP contribution in [0.25, 0.3) is 0 Å². The molecule has 0 spiro atoms. The molecule has 0 radical (unpaired) electrons. The number of hydrogen-bond acceptors (Lipinski definition) is 1. The minimum Gasteiger partial charge on any atom is -0.254 e. The first kappa shape index (κ1) is 10.0. The summed E-state index contributed by atoms with van der Waals surface area (Å²) in [6, 6.07) is 5.03. The van der Waals surface area contributed by atoms with Crippen LogP contribution in [0.3, 0.4) is 0 Å². The van der Waals surface area contributed by atoms with Crippen molar-refractivity contribution in [1.82, 2.24) is 0 Å². The zero-order valence-corrected chi connectivity index (χ0v) is 8.84. The molecule has 0 N–H and O–H groups in total. The van der Waals surface area contributed by atoms with Gasteiger partial charge in [-0.05, 0) is 18.2 Å². The van der Waals surface area contributed by atoms with Gasteiger partial charge in [0, 0.05) is 10.6 Å². The van der Waals surface area contributed by atoms with Crippen LogP contribution in [0.15, 0.2) is 23.1 Å². The lowest BCUT2D eigenvalue weighted by Gasteiger charge is -2.00. The maximum Gasteiger partial charge on any atom is 0.0604 e. The Morgan fingerprint density at radius 3 is 2.50 bits per heavy atom. The maximum absolute atomic E-state index is 11.3. The van der Waals surface area contributed by atoms with Gasteiger partial charge in [0.25, 0.3) is 0 Å². The van der Waals surface area contributed by atoms with Gasteiger partial charge in [0.05, 0.1) is 20.8 Å². The molecule has 0 aliphatic heterocycles. The van der Waals surface area contributed by atoms with Gasteiger partial charge in [-0.25, -0.2) is 0 Å². The third-order valence-electron chi connectivity index (χ3n) is 1.42. The molecule has 1 aromatic carbocycles. The van der Waals surface area contributed by atoms with Crippen LogP contribution in [0.5, 0.6) is 0 Å². The van der Waals surface area contributed by atoms with E-state index in [2.05, 4.69) is 0 Å². The van der Waals surface area contributed by atoms with Gasteiger partial charge in [0.2, 0.25) is 0 Å². The summed E-state index contributed by atoms with van der Waals surface area (Å²) in [6.45, 7) is 1.86. The summed E-state index contributed by atoms with van der Waals surface area (Å²) >= 11 is 11.4. The number of halogens is 2. The van der Waals surface area contributed by atoms with E-state index in [1.165, 1.54) is 0 Å². The molecule has 0 saturated heterocycles. The first-order valence-electron chi connectivity index (χ1n) is 3.48. The first-order valence-corrected chi connectivity index (χ1v) is 5.56. The Labute approximate surface area is 84.1 Å². The summed E-state index contributed by atoms with van der Waals surface area (Å²) in [6.07, 6.45) is 0.